The summed E-state index contributed by atoms with van der Waals surface area (Å²) in [5.74, 6) is -4.49. The molecule has 1 rings (SSSR count). The molecule has 0 aromatic heterocycles. The van der Waals surface area contributed by atoms with Gasteiger partial charge in [0.1, 0.15) is 18.1 Å². The minimum absolute atomic E-state index is 0.0313. The highest BCUT2D eigenvalue weighted by Crippen LogP contribution is 2.06. The molecule has 4 unspecified atom stereocenters. The Hall–Kier alpha value is -3.12. The lowest BCUT2D eigenvalue weighted by molar-refractivity contribution is -0.143. The van der Waals surface area contributed by atoms with Gasteiger partial charge in [-0.1, -0.05) is 30.3 Å². The number of hydrogen-bond acceptors (Lipinski definition) is 7. The fraction of sp³-hybridized carbons (Fsp3) is 0.476. The van der Waals surface area contributed by atoms with Crippen LogP contribution >= 0.6 is 11.8 Å². The molecule has 11 nitrogen and oxygen atoms in total. The van der Waals surface area contributed by atoms with Crippen LogP contribution in [0, 0.1) is 0 Å². The Labute approximate surface area is 195 Å². The van der Waals surface area contributed by atoms with Crippen molar-refractivity contribution in [3.8, 4) is 0 Å². The van der Waals surface area contributed by atoms with Gasteiger partial charge in [0.25, 0.3) is 0 Å². The van der Waals surface area contributed by atoms with Crippen molar-refractivity contribution >= 4 is 41.4 Å². The number of hydrogen-bond donors (Lipinski definition) is 6. The van der Waals surface area contributed by atoms with E-state index in [1.165, 1.54) is 18.7 Å². The average Bonchev–Trinajstić information content (AvgIpc) is 2.75. The van der Waals surface area contributed by atoms with E-state index in [0.717, 1.165) is 0 Å². The zero-order chi connectivity index (χ0) is 25.0. The Morgan fingerprint density at radius 1 is 0.909 bits per heavy atom. The molecule has 0 heterocycles. The molecule has 0 saturated heterocycles. The molecule has 4 atom stereocenters. The van der Waals surface area contributed by atoms with Gasteiger partial charge >= 0.3 is 11.9 Å². The molecule has 1 aromatic rings. The number of nitrogens with one attached hydrogen (secondary N) is 3. The molecule has 0 saturated carbocycles. The second kappa shape index (κ2) is 14.1. The van der Waals surface area contributed by atoms with Gasteiger partial charge in [-0.15, -0.1) is 0 Å². The molecule has 12 heteroatoms. The standard InChI is InChI=1S/C21H30N4O7S/c1-12(22)18(28)23-14(8-9-33-2)19(29)24-15(11-17(26)27)20(30)25-16(21(31)32)10-13-6-4-3-5-7-13/h3-7,12,14-16H,8-11,22H2,1-2H3,(H,23,28)(H,24,29)(H,25,30)(H,26,27)(H,31,32). The van der Waals surface area contributed by atoms with Crippen LogP contribution in [0.1, 0.15) is 25.3 Å². The van der Waals surface area contributed by atoms with E-state index in [0.29, 0.717) is 11.3 Å². The molecule has 0 radical (unpaired) electrons. The van der Waals surface area contributed by atoms with Crippen LogP contribution in [0.25, 0.3) is 0 Å². The molecule has 0 bridgehead atoms. The molecule has 0 aliphatic rings. The van der Waals surface area contributed by atoms with Crippen LogP contribution in [0.3, 0.4) is 0 Å². The summed E-state index contributed by atoms with van der Waals surface area (Å²) in [6, 6.07) is 3.78. The van der Waals surface area contributed by atoms with Crippen LogP contribution in [-0.2, 0) is 30.4 Å². The second-order valence-corrected chi connectivity index (χ2v) is 8.37. The van der Waals surface area contributed by atoms with Gasteiger partial charge in [-0.25, -0.2) is 4.79 Å². The van der Waals surface area contributed by atoms with Crippen LogP contribution in [-0.4, -0.2) is 76.0 Å². The van der Waals surface area contributed by atoms with Gasteiger partial charge in [-0.2, -0.15) is 11.8 Å². The molecule has 0 fully saturated rings. The van der Waals surface area contributed by atoms with E-state index in [2.05, 4.69) is 16.0 Å². The third-order valence-electron chi connectivity index (χ3n) is 4.57. The Balaban J connectivity index is 2.97. The van der Waals surface area contributed by atoms with Gasteiger partial charge in [0.2, 0.25) is 17.7 Å². The molecule has 1 aromatic carbocycles. The average molecular weight is 483 g/mol. The minimum Gasteiger partial charge on any atom is -0.481 e. The summed E-state index contributed by atoms with van der Waals surface area (Å²) in [6.45, 7) is 1.44. The molecular weight excluding hydrogens is 452 g/mol. The van der Waals surface area contributed by atoms with Crippen LogP contribution in [0.15, 0.2) is 30.3 Å². The number of carbonyl (C=O) groups excluding carboxylic acids is 3. The van der Waals surface area contributed by atoms with Crippen molar-refractivity contribution in [2.75, 3.05) is 12.0 Å². The van der Waals surface area contributed by atoms with Crippen molar-refractivity contribution in [1.82, 2.24) is 16.0 Å². The molecule has 3 amide bonds. The van der Waals surface area contributed by atoms with Crippen LogP contribution in [0.2, 0.25) is 0 Å². The van der Waals surface area contributed by atoms with Crippen LogP contribution in [0.5, 0.6) is 0 Å². The zero-order valence-corrected chi connectivity index (χ0v) is 19.3. The number of benzene rings is 1. The first kappa shape index (κ1) is 27.9. The normalized spacial score (nSPS) is 14.3. The first-order valence-corrected chi connectivity index (χ1v) is 11.6. The minimum atomic E-state index is -1.54. The highest BCUT2D eigenvalue weighted by molar-refractivity contribution is 7.98. The maximum Gasteiger partial charge on any atom is 0.326 e. The van der Waals surface area contributed by atoms with Crippen molar-refractivity contribution in [3.63, 3.8) is 0 Å². The zero-order valence-electron chi connectivity index (χ0n) is 18.4. The summed E-state index contributed by atoms with van der Waals surface area (Å²) in [6.07, 6.45) is 1.22. The SMILES string of the molecule is CSCCC(NC(=O)C(C)N)C(=O)NC(CC(=O)O)C(=O)NC(Cc1ccccc1)C(=O)O. The summed E-state index contributed by atoms with van der Waals surface area (Å²) in [4.78, 5) is 60.3. The van der Waals surface area contributed by atoms with Gasteiger partial charge in [0, 0.05) is 6.42 Å². The van der Waals surface area contributed by atoms with Gasteiger partial charge < -0.3 is 31.9 Å². The topological polar surface area (TPSA) is 188 Å². The van der Waals surface area contributed by atoms with E-state index < -0.39 is 60.2 Å². The van der Waals surface area contributed by atoms with E-state index >= 15 is 0 Å². The predicted octanol–water partition coefficient (Wildman–Crippen LogP) is -0.657. The summed E-state index contributed by atoms with van der Waals surface area (Å²) in [7, 11) is 0. The fourth-order valence-electron chi connectivity index (χ4n) is 2.79. The first-order valence-electron chi connectivity index (χ1n) is 10.2. The summed E-state index contributed by atoms with van der Waals surface area (Å²) < 4.78 is 0. The first-order chi connectivity index (χ1) is 15.5. The van der Waals surface area contributed by atoms with Gasteiger partial charge in [0.15, 0.2) is 0 Å². The molecule has 182 valence electrons. The predicted molar refractivity (Wildman–Crippen MR) is 122 cm³/mol. The second-order valence-electron chi connectivity index (χ2n) is 7.38. The molecule has 33 heavy (non-hydrogen) atoms. The quantitative estimate of drug-likeness (QED) is 0.200. The van der Waals surface area contributed by atoms with Crippen LogP contribution in [0.4, 0.5) is 0 Å². The lowest BCUT2D eigenvalue weighted by atomic mass is 10.0. The van der Waals surface area contributed by atoms with Crippen molar-refractivity contribution in [1.29, 1.82) is 0 Å². The number of amides is 3. The van der Waals surface area contributed by atoms with E-state index in [4.69, 9.17) is 5.73 Å². The molecule has 7 N–H and O–H groups in total. The smallest absolute Gasteiger partial charge is 0.326 e. The Bertz CT molecular complexity index is 835. The highest BCUT2D eigenvalue weighted by Gasteiger charge is 2.31. The summed E-state index contributed by atoms with van der Waals surface area (Å²) in [5, 5.41) is 25.8. The number of carbonyl (C=O) groups is 5. The highest BCUT2D eigenvalue weighted by atomic mass is 32.2. The van der Waals surface area contributed by atoms with Gasteiger partial charge in [0.05, 0.1) is 12.5 Å². The summed E-state index contributed by atoms with van der Waals surface area (Å²) >= 11 is 1.43. The lowest BCUT2D eigenvalue weighted by Crippen LogP contribution is -2.57. The van der Waals surface area contributed by atoms with E-state index in [1.54, 1.807) is 30.3 Å². The largest absolute Gasteiger partial charge is 0.481 e. The number of rotatable bonds is 14. The Morgan fingerprint density at radius 2 is 1.45 bits per heavy atom. The third kappa shape index (κ3) is 10.4. The van der Waals surface area contributed by atoms with E-state index in [9.17, 15) is 34.2 Å². The summed E-state index contributed by atoms with van der Waals surface area (Å²) in [5.41, 5.74) is 6.18. The van der Waals surface area contributed by atoms with Crippen LogP contribution < -0.4 is 21.7 Å². The molecule has 0 aliphatic carbocycles. The molecular formula is C21H30N4O7S. The number of aliphatic carboxylic acids is 2. The Kier molecular flexibility index (Phi) is 11.9. The fourth-order valence-corrected chi connectivity index (χ4v) is 3.26. The molecule has 0 spiro atoms. The van der Waals surface area contributed by atoms with Gasteiger partial charge in [-0.05, 0) is 30.9 Å². The number of nitrogens with two attached hydrogens (primary N) is 1. The van der Waals surface area contributed by atoms with Crippen molar-refractivity contribution in [2.45, 2.75) is 50.4 Å². The molecule has 0 aliphatic heterocycles. The maximum atomic E-state index is 12.7. The van der Waals surface area contributed by atoms with Crippen molar-refractivity contribution in [2.24, 2.45) is 5.73 Å². The maximum absolute atomic E-state index is 12.7. The number of thioether (sulfide) groups is 1. The van der Waals surface area contributed by atoms with Gasteiger partial charge in [-0.3, -0.25) is 19.2 Å². The third-order valence-corrected chi connectivity index (χ3v) is 5.21. The van der Waals surface area contributed by atoms with Crippen molar-refractivity contribution in [3.05, 3.63) is 35.9 Å². The Morgan fingerprint density at radius 3 is 1.97 bits per heavy atom. The van der Waals surface area contributed by atoms with Crippen molar-refractivity contribution < 1.29 is 34.2 Å². The van der Waals surface area contributed by atoms with E-state index in [-0.39, 0.29) is 12.8 Å². The number of carboxylic acid groups (broad SMARTS) is 2. The monoisotopic (exact) mass is 482 g/mol. The number of carboxylic acids is 2. The van der Waals surface area contributed by atoms with E-state index in [1.807, 2.05) is 6.26 Å². The lowest BCUT2D eigenvalue weighted by Gasteiger charge is -2.24.